The van der Waals surface area contributed by atoms with E-state index in [1.165, 1.54) is 11.3 Å². The summed E-state index contributed by atoms with van der Waals surface area (Å²) in [6.45, 7) is 1.66. The minimum Gasteiger partial charge on any atom is -0.481 e. The topological polar surface area (TPSA) is 69.9 Å². The molecule has 0 unspecified atom stereocenters. The molecule has 0 aliphatic rings. The van der Waals surface area contributed by atoms with E-state index in [-0.39, 0.29) is 6.42 Å². The van der Waals surface area contributed by atoms with E-state index in [2.05, 4.69) is 5.16 Å². The molecule has 1 aromatic rings. The molecule has 0 radical (unpaired) electrons. The number of nitrogens with zero attached hydrogens (tertiary/aromatic N) is 1. The van der Waals surface area contributed by atoms with Gasteiger partial charge in [0, 0.05) is 4.88 Å². The van der Waals surface area contributed by atoms with Crippen LogP contribution in [0.2, 0.25) is 0 Å². The molecule has 1 heterocycles. The smallest absolute Gasteiger partial charge is 0.308 e. The lowest BCUT2D eigenvalue weighted by Crippen LogP contribution is -1.97. The van der Waals surface area contributed by atoms with Crippen LogP contribution in [0.4, 0.5) is 0 Å². The molecule has 13 heavy (non-hydrogen) atoms. The zero-order valence-electron chi connectivity index (χ0n) is 7.02. The lowest BCUT2D eigenvalue weighted by Gasteiger charge is -1.90. The first-order chi connectivity index (χ1) is 6.13. The molecule has 0 spiro atoms. The summed E-state index contributed by atoms with van der Waals surface area (Å²) in [5, 5.41) is 20.0. The van der Waals surface area contributed by atoms with Crippen molar-refractivity contribution in [3.63, 3.8) is 0 Å². The molecule has 0 aromatic carbocycles. The first-order valence-electron chi connectivity index (χ1n) is 3.63. The van der Waals surface area contributed by atoms with Crippen molar-refractivity contribution < 1.29 is 15.1 Å². The first kappa shape index (κ1) is 9.73. The van der Waals surface area contributed by atoms with E-state index in [1.54, 1.807) is 19.1 Å². The van der Waals surface area contributed by atoms with Gasteiger partial charge in [0.1, 0.15) is 0 Å². The van der Waals surface area contributed by atoms with Crippen LogP contribution in [-0.2, 0) is 11.2 Å². The molecule has 0 fully saturated rings. The van der Waals surface area contributed by atoms with Crippen molar-refractivity contribution in [1.82, 2.24) is 0 Å². The van der Waals surface area contributed by atoms with E-state index in [0.29, 0.717) is 5.71 Å². The Morgan fingerprint density at radius 3 is 2.85 bits per heavy atom. The Kier molecular flexibility index (Phi) is 3.02. The molecule has 4 nitrogen and oxygen atoms in total. The largest absolute Gasteiger partial charge is 0.481 e. The van der Waals surface area contributed by atoms with Gasteiger partial charge in [-0.15, -0.1) is 11.3 Å². The molecular formula is C8H9NO3S. The quantitative estimate of drug-likeness (QED) is 0.441. The van der Waals surface area contributed by atoms with Gasteiger partial charge in [-0.2, -0.15) is 0 Å². The van der Waals surface area contributed by atoms with Crippen LogP contribution < -0.4 is 0 Å². The number of aliphatic carboxylic acids is 1. The second-order valence-corrected chi connectivity index (χ2v) is 3.69. The molecule has 2 N–H and O–H groups in total. The number of carboxylic acids is 1. The normalized spacial score (nSPS) is 11.6. The van der Waals surface area contributed by atoms with Gasteiger partial charge in [0.25, 0.3) is 0 Å². The van der Waals surface area contributed by atoms with Gasteiger partial charge in [-0.05, 0) is 19.1 Å². The number of thiophene rings is 1. The van der Waals surface area contributed by atoms with Crippen LogP contribution >= 0.6 is 11.3 Å². The highest BCUT2D eigenvalue weighted by Crippen LogP contribution is 2.17. The highest BCUT2D eigenvalue weighted by Gasteiger charge is 2.06. The molecule has 0 amide bonds. The molecule has 70 valence electrons. The standard InChI is InChI=1S/C8H9NO3S/c1-5(9-12)7-3-2-6(13-7)4-8(10)11/h2-3,12H,4H2,1H3,(H,10,11)/b9-5+. The lowest BCUT2D eigenvalue weighted by molar-refractivity contribution is -0.136. The van der Waals surface area contributed by atoms with Crippen molar-refractivity contribution >= 4 is 23.0 Å². The maximum Gasteiger partial charge on any atom is 0.308 e. The van der Waals surface area contributed by atoms with Crippen molar-refractivity contribution in [1.29, 1.82) is 0 Å². The Balaban J connectivity index is 2.80. The van der Waals surface area contributed by atoms with Crippen molar-refractivity contribution in [2.45, 2.75) is 13.3 Å². The van der Waals surface area contributed by atoms with Crippen molar-refractivity contribution in [3.05, 3.63) is 21.9 Å². The number of oxime groups is 1. The molecule has 1 aromatic heterocycles. The average Bonchev–Trinajstić information content (AvgIpc) is 2.50. The van der Waals surface area contributed by atoms with E-state index in [1.807, 2.05) is 0 Å². The fourth-order valence-electron chi connectivity index (χ4n) is 0.866. The lowest BCUT2D eigenvalue weighted by atomic mass is 10.3. The average molecular weight is 199 g/mol. The van der Waals surface area contributed by atoms with E-state index < -0.39 is 5.97 Å². The summed E-state index contributed by atoms with van der Waals surface area (Å²) in [6.07, 6.45) is 0.0172. The minimum absolute atomic E-state index is 0.0172. The zero-order valence-corrected chi connectivity index (χ0v) is 7.84. The highest BCUT2D eigenvalue weighted by molar-refractivity contribution is 7.14. The molecule has 0 aliphatic heterocycles. The fourth-order valence-corrected chi connectivity index (χ4v) is 1.80. The molecule has 5 heteroatoms. The second-order valence-electron chi connectivity index (χ2n) is 2.52. The molecule has 0 aliphatic carbocycles. The summed E-state index contributed by atoms with van der Waals surface area (Å²) < 4.78 is 0. The Morgan fingerprint density at radius 2 is 2.31 bits per heavy atom. The Morgan fingerprint density at radius 1 is 1.62 bits per heavy atom. The molecular weight excluding hydrogens is 190 g/mol. The van der Waals surface area contributed by atoms with Crippen LogP contribution in [0.15, 0.2) is 17.3 Å². The zero-order chi connectivity index (χ0) is 9.84. The molecule has 0 saturated carbocycles. The third-order valence-electron chi connectivity index (χ3n) is 1.49. The monoisotopic (exact) mass is 199 g/mol. The number of rotatable bonds is 3. The van der Waals surface area contributed by atoms with Gasteiger partial charge < -0.3 is 10.3 Å². The van der Waals surface area contributed by atoms with Gasteiger partial charge in [0.05, 0.1) is 17.0 Å². The Bertz CT molecular complexity index is 343. The van der Waals surface area contributed by atoms with Crippen LogP contribution in [0.3, 0.4) is 0 Å². The summed E-state index contributed by atoms with van der Waals surface area (Å²) in [6, 6.07) is 3.47. The van der Waals surface area contributed by atoms with Gasteiger partial charge in [0.2, 0.25) is 0 Å². The van der Waals surface area contributed by atoms with Gasteiger partial charge in [-0.1, -0.05) is 5.16 Å². The maximum absolute atomic E-state index is 10.3. The number of carbonyl (C=O) groups is 1. The van der Waals surface area contributed by atoms with Crippen LogP contribution in [0, 0.1) is 0 Å². The fraction of sp³-hybridized carbons (Fsp3) is 0.250. The third-order valence-corrected chi connectivity index (χ3v) is 2.69. The minimum atomic E-state index is -0.855. The summed E-state index contributed by atoms with van der Waals surface area (Å²) in [5.41, 5.74) is 0.502. The maximum atomic E-state index is 10.3. The van der Waals surface area contributed by atoms with E-state index in [9.17, 15) is 4.79 Å². The number of carboxylic acid groups (broad SMARTS) is 1. The third kappa shape index (κ3) is 2.55. The SMILES string of the molecule is C/C(=N\O)c1ccc(CC(=O)O)s1. The van der Waals surface area contributed by atoms with Crippen molar-refractivity contribution in [2.75, 3.05) is 0 Å². The molecule has 0 saturated heterocycles. The molecule has 0 atom stereocenters. The van der Waals surface area contributed by atoms with Crippen LogP contribution in [0.1, 0.15) is 16.7 Å². The van der Waals surface area contributed by atoms with Gasteiger partial charge in [0.15, 0.2) is 0 Å². The summed E-state index contributed by atoms with van der Waals surface area (Å²) in [7, 11) is 0. The van der Waals surface area contributed by atoms with Crippen LogP contribution in [0.25, 0.3) is 0 Å². The molecule has 0 bridgehead atoms. The predicted octanol–water partition coefficient (Wildman–Crippen LogP) is 1.57. The summed E-state index contributed by atoms with van der Waals surface area (Å²) >= 11 is 1.32. The Hall–Kier alpha value is -1.36. The number of hydrogen-bond donors (Lipinski definition) is 2. The summed E-state index contributed by atoms with van der Waals surface area (Å²) in [4.78, 5) is 11.9. The predicted molar refractivity (Wildman–Crippen MR) is 49.7 cm³/mol. The van der Waals surface area contributed by atoms with Crippen molar-refractivity contribution in [2.24, 2.45) is 5.16 Å². The van der Waals surface area contributed by atoms with E-state index >= 15 is 0 Å². The van der Waals surface area contributed by atoms with E-state index in [4.69, 9.17) is 10.3 Å². The van der Waals surface area contributed by atoms with Crippen molar-refractivity contribution in [3.8, 4) is 0 Å². The number of hydrogen-bond acceptors (Lipinski definition) is 4. The van der Waals surface area contributed by atoms with E-state index in [0.717, 1.165) is 9.75 Å². The van der Waals surface area contributed by atoms with Gasteiger partial charge >= 0.3 is 5.97 Å². The van der Waals surface area contributed by atoms with Crippen LogP contribution in [0.5, 0.6) is 0 Å². The Labute approximate surface area is 79.1 Å². The highest BCUT2D eigenvalue weighted by atomic mass is 32.1. The second kappa shape index (κ2) is 4.04. The van der Waals surface area contributed by atoms with Gasteiger partial charge in [-0.25, -0.2) is 0 Å². The van der Waals surface area contributed by atoms with Crippen LogP contribution in [-0.4, -0.2) is 22.0 Å². The van der Waals surface area contributed by atoms with Gasteiger partial charge in [-0.3, -0.25) is 4.79 Å². The first-order valence-corrected chi connectivity index (χ1v) is 4.44. The summed E-state index contributed by atoms with van der Waals surface area (Å²) in [5.74, 6) is -0.855. The molecule has 1 rings (SSSR count).